The van der Waals surface area contributed by atoms with Crippen LogP contribution >= 0.6 is 0 Å². The molecule has 0 aliphatic carbocycles. The van der Waals surface area contributed by atoms with E-state index in [1.807, 2.05) is 73.7 Å². The molecule has 0 aliphatic rings. The van der Waals surface area contributed by atoms with Crippen molar-refractivity contribution in [1.29, 1.82) is 0 Å². The van der Waals surface area contributed by atoms with E-state index < -0.39 is 0 Å². The lowest BCUT2D eigenvalue weighted by Crippen LogP contribution is -2.10. The highest BCUT2D eigenvalue weighted by atomic mass is 16.5. The number of aryl methyl sites for hydroxylation is 1. The van der Waals surface area contributed by atoms with Gasteiger partial charge in [0, 0.05) is 5.56 Å². The minimum Gasteiger partial charge on any atom is -0.481 e. The van der Waals surface area contributed by atoms with Gasteiger partial charge in [-0.2, -0.15) is 0 Å². The van der Waals surface area contributed by atoms with Gasteiger partial charge in [0.1, 0.15) is 12.2 Å². The second kappa shape index (κ2) is 6.89. The third-order valence-electron chi connectivity index (χ3n) is 4.26. The maximum absolute atomic E-state index is 13.0. The first kappa shape index (κ1) is 16.2. The predicted molar refractivity (Wildman–Crippen MR) is 103 cm³/mol. The Kier molecular flexibility index (Phi) is 4.28. The van der Waals surface area contributed by atoms with E-state index in [1.165, 1.54) is 0 Å². The monoisotopic (exact) mass is 342 g/mol. The molecule has 0 radical (unpaired) electrons. The molecule has 0 N–H and O–H groups in total. The van der Waals surface area contributed by atoms with Crippen LogP contribution in [0.5, 0.6) is 5.75 Å². The summed E-state index contributed by atoms with van der Waals surface area (Å²) in [6.45, 7) is 2.34. The first-order valence-corrected chi connectivity index (χ1v) is 8.52. The summed E-state index contributed by atoms with van der Waals surface area (Å²) in [6, 6.07) is 24.8. The number of benzene rings is 3. The topological polar surface area (TPSA) is 39.4 Å². The van der Waals surface area contributed by atoms with Gasteiger partial charge < -0.3 is 9.15 Å². The Labute approximate surface area is 151 Å². The number of hydrogen-bond donors (Lipinski definition) is 0. The maximum atomic E-state index is 13.0. The van der Waals surface area contributed by atoms with E-state index in [-0.39, 0.29) is 11.2 Å². The van der Waals surface area contributed by atoms with Gasteiger partial charge in [-0.25, -0.2) is 0 Å². The molecule has 0 fully saturated rings. The standard InChI is InChI=1S/C23H18O3/c1-16-8-7-9-17(14-16)15-25-23-21(24)19-12-5-6-13-20(19)26-22(23)18-10-3-2-4-11-18/h2-14H,15H2,1H3. The van der Waals surface area contributed by atoms with E-state index in [1.54, 1.807) is 12.1 Å². The Morgan fingerprint density at radius 2 is 1.65 bits per heavy atom. The zero-order chi connectivity index (χ0) is 17.9. The van der Waals surface area contributed by atoms with Gasteiger partial charge in [-0.15, -0.1) is 0 Å². The molecule has 3 heteroatoms. The van der Waals surface area contributed by atoms with Crippen LogP contribution in [0.4, 0.5) is 0 Å². The maximum Gasteiger partial charge on any atom is 0.235 e. The molecule has 0 atom stereocenters. The smallest absolute Gasteiger partial charge is 0.235 e. The first-order valence-electron chi connectivity index (χ1n) is 8.52. The van der Waals surface area contributed by atoms with Gasteiger partial charge >= 0.3 is 0 Å². The lowest BCUT2D eigenvalue weighted by atomic mass is 10.1. The van der Waals surface area contributed by atoms with Gasteiger partial charge in [-0.3, -0.25) is 4.79 Å². The fourth-order valence-electron chi connectivity index (χ4n) is 2.99. The zero-order valence-corrected chi connectivity index (χ0v) is 14.4. The largest absolute Gasteiger partial charge is 0.481 e. The van der Waals surface area contributed by atoms with Crippen molar-refractivity contribution in [2.45, 2.75) is 13.5 Å². The predicted octanol–water partition coefficient (Wildman–Crippen LogP) is 5.35. The number of hydrogen-bond acceptors (Lipinski definition) is 3. The molecular formula is C23H18O3. The summed E-state index contributed by atoms with van der Waals surface area (Å²) in [5.41, 5.74) is 3.38. The van der Waals surface area contributed by atoms with Crippen LogP contribution in [0.15, 0.2) is 88.1 Å². The highest BCUT2D eigenvalue weighted by molar-refractivity contribution is 5.81. The van der Waals surface area contributed by atoms with Crippen molar-refractivity contribution in [3.05, 3.63) is 100 Å². The summed E-state index contributed by atoms with van der Waals surface area (Å²) in [6.07, 6.45) is 0. The zero-order valence-electron chi connectivity index (χ0n) is 14.4. The van der Waals surface area contributed by atoms with E-state index in [2.05, 4.69) is 0 Å². The third kappa shape index (κ3) is 3.11. The lowest BCUT2D eigenvalue weighted by molar-refractivity contribution is 0.298. The van der Waals surface area contributed by atoms with E-state index in [0.717, 1.165) is 16.7 Å². The van der Waals surface area contributed by atoms with Crippen LogP contribution in [0.3, 0.4) is 0 Å². The summed E-state index contributed by atoms with van der Waals surface area (Å²) >= 11 is 0. The van der Waals surface area contributed by atoms with Crippen LogP contribution in [-0.2, 0) is 6.61 Å². The minimum atomic E-state index is -0.154. The molecule has 0 amide bonds. The summed E-state index contributed by atoms with van der Waals surface area (Å²) in [5, 5.41) is 0.520. The molecule has 0 unspecified atom stereocenters. The average molecular weight is 342 g/mol. The van der Waals surface area contributed by atoms with Crippen LogP contribution in [0.1, 0.15) is 11.1 Å². The molecule has 0 saturated heterocycles. The number of ether oxygens (including phenoxy) is 1. The van der Waals surface area contributed by atoms with Gasteiger partial charge in [0.2, 0.25) is 11.2 Å². The van der Waals surface area contributed by atoms with Crippen molar-refractivity contribution in [2.24, 2.45) is 0 Å². The summed E-state index contributed by atoms with van der Waals surface area (Å²) in [5.74, 6) is 0.707. The lowest BCUT2D eigenvalue weighted by Gasteiger charge is -2.12. The molecule has 3 aromatic carbocycles. The van der Waals surface area contributed by atoms with Crippen LogP contribution in [0, 0.1) is 6.92 Å². The molecule has 0 saturated carbocycles. The van der Waals surface area contributed by atoms with E-state index in [4.69, 9.17) is 9.15 Å². The second-order valence-corrected chi connectivity index (χ2v) is 6.23. The van der Waals surface area contributed by atoms with Gasteiger partial charge in [0.25, 0.3) is 0 Å². The number of fused-ring (bicyclic) bond motifs is 1. The van der Waals surface area contributed by atoms with Crippen molar-refractivity contribution in [3.63, 3.8) is 0 Å². The average Bonchev–Trinajstić information content (AvgIpc) is 2.68. The van der Waals surface area contributed by atoms with Crippen molar-refractivity contribution >= 4 is 11.0 Å². The van der Waals surface area contributed by atoms with Crippen LogP contribution in [-0.4, -0.2) is 0 Å². The van der Waals surface area contributed by atoms with Gasteiger partial charge in [-0.05, 0) is 24.6 Å². The molecule has 3 nitrogen and oxygen atoms in total. The Morgan fingerprint density at radius 3 is 2.46 bits per heavy atom. The molecule has 4 aromatic rings. The Morgan fingerprint density at radius 1 is 0.885 bits per heavy atom. The first-order chi connectivity index (χ1) is 12.7. The van der Waals surface area contributed by atoms with Gasteiger partial charge in [0.05, 0.1) is 5.39 Å². The van der Waals surface area contributed by atoms with Crippen molar-refractivity contribution in [2.75, 3.05) is 0 Å². The highest BCUT2D eigenvalue weighted by Gasteiger charge is 2.17. The van der Waals surface area contributed by atoms with E-state index in [0.29, 0.717) is 23.3 Å². The molecule has 0 aliphatic heterocycles. The van der Waals surface area contributed by atoms with Crippen molar-refractivity contribution < 1.29 is 9.15 Å². The quantitative estimate of drug-likeness (QED) is 0.502. The van der Waals surface area contributed by atoms with Crippen molar-refractivity contribution in [3.8, 4) is 17.1 Å². The fraction of sp³-hybridized carbons (Fsp3) is 0.0870. The Balaban J connectivity index is 1.83. The molecule has 128 valence electrons. The number of para-hydroxylation sites is 1. The Hall–Kier alpha value is -3.33. The molecule has 26 heavy (non-hydrogen) atoms. The molecular weight excluding hydrogens is 324 g/mol. The molecule has 0 spiro atoms. The highest BCUT2D eigenvalue weighted by Crippen LogP contribution is 2.31. The molecule has 1 heterocycles. The summed E-state index contributed by atoms with van der Waals surface area (Å²) in [7, 11) is 0. The molecule has 1 aromatic heterocycles. The third-order valence-corrected chi connectivity index (χ3v) is 4.26. The second-order valence-electron chi connectivity index (χ2n) is 6.23. The summed E-state index contributed by atoms with van der Waals surface area (Å²) in [4.78, 5) is 13.0. The molecule has 0 bridgehead atoms. The van der Waals surface area contributed by atoms with Crippen LogP contribution < -0.4 is 10.2 Å². The normalized spacial score (nSPS) is 10.8. The van der Waals surface area contributed by atoms with Crippen molar-refractivity contribution in [1.82, 2.24) is 0 Å². The van der Waals surface area contributed by atoms with E-state index in [9.17, 15) is 4.79 Å². The van der Waals surface area contributed by atoms with Crippen LogP contribution in [0.25, 0.3) is 22.3 Å². The Bertz CT molecular complexity index is 1110. The van der Waals surface area contributed by atoms with Gasteiger partial charge in [-0.1, -0.05) is 72.3 Å². The molecule has 4 rings (SSSR count). The number of rotatable bonds is 4. The minimum absolute atomic E-state index is 0.154. The van der Waals surface area contributed by atoms with E-state index >= 15 is 0 Å². The fourth-order valence-corrected chi connectivity index (χ4v) is 2.99. The van der Waals surface area contributed by atoms with Crippen LogP contribution in [0.2, 0.25) is 0 Å². The van der Waals surface area contributed by atoms with Gasteiger partial charge in [0.15, 0.2) is 5.76 Å². The SMILES string of the molecule is Cc1cccc(COc2c(-c3ccccc3)oc3ccccc3c2=O)c1. The summed E-state index contributed by atoms with van der Waals surface area (Å²) < 4.78 is 12.0.